The molecule has 3 N–H and O–H groups in total. The smallest absolute Gasteiger partial charge is 0.184 e. The van der Waals surface area contributed by atoms with Gasteiger partial charge >= 0.3 is 0 Å². The van der Waals surface area contributed by atoms with Gasteiger partial charge in [-0.1, -0.05) is 56.4 Å². The molecule has 0 amide bonds. The second-order valence-corrected chi connectivity index (χ2v) is 15.3. The molecular formula is C33H48O5S. The monoisotopic (exact) mass is 556 g/mol. The fraction of sp³-hybridized carbons (Fsp3) is 0.636. The summed E-state index contributed by atoms with van der Waals surface area (Å²) in [5.74, 6) is 1.33. The molecule has 6 heteroatoms. The third-order valence-corrected chi connectivity index (χ3v) is 12.6. The van der Waals surface area contributed by atoms with Gasteiger partial charge in [-0.25, -0.2) is 8.42 Å². The first-order valence-corrected chi connectivity index (χ1v) is 16.3. The van der Waals surface area contributed by atoms with E-state index in [9.17, 15) is 23.7 Å². The third-order valence-electron chi connectivity index (χ3n) is 10.1. The molecule has 216 valence electrons. The first kappa shape index (κ1) is 30.2. The maximum Gasteiger partial charge on any atom is 0.184 e. The summed E-state index contributed by atoms with van der Waals surface area (Å²) < 4.78 is 27.0. The van der Waals surface area contributed by atoms with Gasteiger partial charge in [0.1, 0.15) is 0 Å². The topological polar surface area (TPSA) is 94.8 Å². The zero-order valence-corrected chi connectivity index (χ0v) is 25.0. The zero-order valence-electron chi connectivity index (χ0n) is 24.1. The number of allylic oxidation sites excluding steroid dienone is 3. The van der Waals surface area contributed by atoms with Gasteiger partial charge in [-0.2, -0.15) is 0 Å². The van der Waals surface area contributed by atoms with E-state index in [0.29, 0.717) is 37.0 Å². The van der Waals surface area contributed by atoms with Gasteiger partial charge < -0.3 is 15.3 Å². The molecule has 0 spiro atoms. The van der Waals surface area contributed by atoms with Crippen molar-refractivity contribution in [2.45, 2.75) is 113 Å². The molecule has 1 aromatic carbocycles. The molecule has 3 fully saturated rings. The highest BCUT2D eigenvalue weighted by atomic mass is 32.2. The van der Waals surface area contributed by atoms with Crippen molar-refractivity contribution in [3.05, 3.63) is 65.8 Å². The van der Waals surface area contributed by atoms with Crippen LogP contribution in [0.1, 0.15) is 85.5 Å². The van der Waals surface area contributed by atoms with Crippen molar-refractivity contribution in [3.63, 3.8) is 0 Å². The SMILES string of the molecule is C=C1/C(=C\C=C2/CCC[C@]3(C)[C@@H]([C@H](C)CCC(C(C)(C)O)S(=O)(=O)c4ccccc4)CC[C@@H]23)C[C@@H](O)C[C@@H]1O. The molecule has 0 bridgehead atoms. The molecule has 0 saturated heterocycles. The molecule has 0 radical (unpaired) electrons. The number of hydrogen-bond donors (Lipinski definition) is 3. The summed E-state index contributed by atoms with van der Waals surface area (Å²) in [6.45, 7) is 12.0. The number of benzene rings is 1. The quantitative estimate of drug-likeness (QED) is 0.357. The first-order valence-electron chi connectivity index (χ1n) is 14.7. The van der Waals surface area contributed by atoms with Crippen LogP contribution in [0, 0.1) is 23.2 Å². The van der Waals surface area contributed by atoms with Crippen LogP contribution >= 0.6 is 0 Å². The van der Waals surface area contributed by atoms with Gasteiger partial charge in [0.25, 0.3) is 0 Å². The minimum absolute atomic E-state index is 0.160. The number of fused-ring (bicyclic) bond motifs is 1. The molecule has 0 aliphatic heterocycles. The molecule has 5 nitrogen and oxygen atoms in total. The van der Waals surface area contributed by atoms with Gasteiger partial charge in [0.05, 0.1) is 28.0 Å². The van der Waals surface area contributed by atoms with E-state index in [1.165, 1.54) is 12.0 Å². The Morgan fingerprint density at radius 3 is 2.49 bits per heavy atom. The number of aliphatic hydroxyl groups excluding tert-OH is 2. The van der Waals surface area contributed by atoms with Crippen LogP contribution in [0.3, 0.4) is 0 Å². The fourth-order valence-corrected chi connectivity index (χ4v) is 10.0. The van der Waals surface area contributed by atoms with Gasteiger partial charge in [0.2, 0.25) is 0 Å². The normalized spacial score (nSPS) is 33.8. The lowest BCUT2D eigenvalue weighted by Gasteiger charge is -2.44. The molecule has 4 rings (SSSR count). The molecule has 39 heavy (non-hydrogen) atoms. The first-order chi connectivity index (χ1) is 18.2. The van der Waals surface area contributed by atoms with E-state index in [0.717, 1.165) is 43.3 Å². The second-order valence-electron chi connectivity index (χ2n) is 13.2. The van der Waals surface area contributed by atoms with Crippen LogP contribution in [0.4, 0.5) is 0 Å². The van der Waals surface area contributed by atoms with E-state index in [1.54, 1.807) is 44.2 Å². The Labute approximate surface area is 235 Å². The van der Waals surface area contributed by atoms with Crippen molar-refractivity contribution in [2.24, 2.45) is 23.2 Å². The van der Waals surface area contributed by atoms with Crippen molar-refractivity contribution >= 4 is 9.84 Å². The number of aliphatic hydroxyl groups is 3. The predicted molar refractivity (Wildman–Crippen MR) is 157 cm³/mol. The Morgan fingerprint density at radius 1 is 1.13 bits per heavy atom. The van der Waals surface area contributed by atoms with Crippen LogP contribution in [-0.4, -0.2) is 46.8 Å². The Kier molecular flexibility index (Phi) is 9.02. The number of sulfone groups is 1. The second kappa shape index (κ2) is 11.6. The maximum absolute atomic E-state index is 13.5. The summed E-state index contributed by atoms with van der Waals surface area (Å²) in [5, 5.41) is 30.4. The lowest BCUT2D eigenvalue weighted by Crippen LogP contribution is -2.43. The highest BCUT2D eigenvalue weighted by Crippen LogP contribution is 2.60. The van der Waals surface area contributed by atoms with Gasteiger partial charge in [0, 0.05) is 6.42 Å². The van der Waals surface area contributed by atoms with Crippen LogP contribution in [-0.2, 0) is 9.84 Å². The summed E-state index contributed by atoms with van der Waals surface area (Å²) in [6.07, 6.45) is 10.8. The highest BCUT2D eigenvalue weighted by Gasteiger charge is 2.51. The molecule has 7 atom stereocenters. The molecule has 0 heterocycles. The van der Waals surface area contributed by atoms with Crippen LogP contribution < -0.4 is 0 Å². The van der Waals surface area contributed by atoms with Crippen molar-refractivity contribution in [1.29, 1.82) is 0 Å². The van der Waals surface area contributed by atoms with E-state index in [4.69, 9.17) is 0 Å². The largest absolute Gasteiger partial charge is 0.393 e. The molecule has 3 aliphatic rings. The van der Waals surface area contributed by atoms with E-state index in [-0.39, 0.29) is 10.3 Å². The molecule has 0 aromatic heterocycles. The van der Waals surface area contributed by atoms with Crippen molar-refractivity contribution in [3.8, 4) is 0 Å². The molecule has 3 aliphatic carbocycles. The number of rotatable bonds is 8. The predicted octanol–water partition coefficient (Wildman–Crippen LogP) is 6.16. The lowest BCUT2D eigenvalue weighted by atomic mass is 9.60. The van der Waals surface area contributed by atoms with Crippen LogP contribution in [0.2, 0.25) is 0 Å². The summed E-state index contributed by atoms with van der Waals surface area (Å²) >= 11 is 0. The lowest BCUT2D eigenvalue weighted by molar-refractivity contribution is 0.0627. The molecule has 1 unspecified atom stereocenters. The fourth-order valence-electron chi connectivity index (χ4n) is 7.96. The van der Waals surface area contributed by atoms with Gasteiger partial charge in [0.15, 0.2) is 9.84 Å². The minimum Gasteiger partial charge on any atom is -0.393 e. The number of hydrogen-bond acceptors (Lipinski definition) is 5. The van der Waals surface area contributed by atoms with Crippen LogP contribution in [0.15, 0.2) is 70.7 Å². The van der Waals surface area contributed by atoms with E-state index in [2.05, 4.69) is 32.6 Å². The Bertz CT molecular complexity index is 1190. The highest BCUT2D eigenvalue weighted by molar-refractivity contribution is 7.92. The van der Waals surface area contributed by atoms with Crippen molar-refractivity contribution in [2.75, 3.05) is 0 Å². The summed E-state index contributed by atoms with van der Waals surface area (Å²) in [4.78, 5) is 0.273. The molecule has 3 saturated carbocycles. The van der Waals surface area contributed by atoms with Crippen LogP contribution in [0.25, 0.3) is 0 Å². The average Bonchev–Trinajstić information content (AvgIpc) is 3.22. The van der Waals surface area contributed by atoms with E-state index >= 15 is 0 Å². The van der Waals surface area contributed by atoms with Crippen LogP contribution in [0.5, 0.6) is 0 Å². The summed E-state index contributed by atoms with van der Waals surface area (Å²) in [5.41, 5.74) is 1.94. The standard InChI is InChI=1S/C33H48O5S/c1-22(13-18-31(32(3,4)36)39(37,38)27-11-7-6-8-12-27)28-16-17-29-24(10-9-19-33(28,29)5)14-15-25-20-26(34)21-30(35)23(25)2/h6-8,11-12,14-15,22,26,28-31,34-36H,2,9-10,13,16-21H2,1,3-5H3/b24-14+,25-15-/t22-,26-,28-,29+,30+,31?,33-/m1/s1. The zero-order chi connectivity index (χ0) is 28.6. The van der Waals surface area contributed by atoms with Crippen molar-refractivity contribution in [1.82, 2.24) is 0 Å². The Balaban J connectivity index is 1.49. The van der Waals surface area contributed by atoms with Crippen molar-refractivity contribution < 1.29 is 23.7 Å². The Morgan fingerprint density at radius 2 is 1.82 bits per heavy atom. The minimum atomic E-state index is -3.66. The molecule has 1 aromatic rings. The van der Waals surface area contributed by atoms with Gasteiger partial charge in [-0.3, -0.25) is 0 Å². The van der Waals surface area contributed by atoms with E-state index in [1.807, 2.05) is 0 Å². The van der Waals surface area contributed by atoms with Gasteiger partial charge in [-0.15, -0.1) is 0 Å². The summed E-state index contributed by atoms with van der Waals surface area (Å²) in [7, 11) is -3.66. The summed E-state index contributed by atoms with van der Waals surface area (Å²) in [6, 6.07) is 8.51. The average molecular weight is 557 g/mol. The maximum atomic E-state index is 13.5. The van der Waals surface area contributed by atoms with Gasteiger partial charge in [-0.05, 0) is 112 Å². The molecular weight excluding hydrogens is 508 g/mol. The van der Waals surface area contributed by atoms with E-state index < -0.39 is 32.9 Å². The Hall–Kier alpha value is -1.73. The third kappa shape index (κ3) is 6.29.